The smallest absolute Gasteiger partial charge is 0.395 e. The van der Waals surface area contributed by atoms with E-state index in [0.29, 0.717) is 10.9 Å². The Balaban J connectivity index is 1.75. The predicted octanol–water partition coefficient (Wildman–Crippen LogP) is 4.05. The van der Waals surface area contributed by atoms with E-state index < -0.39 is 16.3 Å². The lowest BCUT2D eigenvalue weighted by molar-refractivity contribution is -0.286. The second-order valence-corrected chi connectivity index (χ2v) is 7.82. The minimum absolute atomic E-state index is 0.0155. The van der Waals surface area contributed by atoms with E-state index >= 15 is 0 Å². The lowest BCUT2D eigenvalue weighted by Gasteiger charge is -2.10. The van der Waals surface area contributed by atoms with Crippen LogP contribution in [0, 0.1) is 0 Å². The first-order chi connectivity index (χ1) is 11.8. The van der Waals surface area contributed by atoms with Gasteiger partial charge in [0.1, 0.15) is 4.90 Å². The fourth-order valence-corrected chi connectivity index (χ4v) is 4.15. The van der Waals surface area contributed by atoms with Crippen LogP contribution in [-0.2, 0) is 10.0 Å². The molecule has 0 bridgehead atoms. The first-order valence-corrected chi connectivity index (χ1v) is 9.21. The molecule has 0 radical (unpaired) electrons. The van der Waals surface area contributed by atoms with Crippen molar-refractivity contribution in [3.8, 4) is 11.5 Å². The Morgan fingerprint density at radius 1 is 1.16 bits per heavy atom. The van der Waals surface area contributed by atoms with E-state index in [9.17, 15) is 17.2 Å². The fraction of sp³-hybridized carbons (Fsp3) is 0.0667. The minimum Gasteiger partial charge on any atom is -0.395 e. The summed E-state index contributed by atoms with van der Waals surface area (Å²) < 4.78 is 63.6. The van der Waals surface area contributed by atoms with Crippen molar-refractivity contribution in [3.63, 3.8) is 0 Å². The van der Waals surface area contributed by atoms with E-state index in [1.54, 1.807) is 18.2 Å². The minimum atomic E-state index is -4.05. The van der Waals surface area contributed by atoms with Gasteiger partial charge in [-0.1, -0.05) is 28.1 Å². The highest BCUT2D eigenvalue weighted by Gasteiger charge is 2.45. The van der Waals surface area contributed by atoms with Crippen LogP contribution in [-0.4, -0.2) is 19.7 Å². The number of H-pyrrole nitrogens is 1. The lowest BCUT2D eigenvalue weighted by Crippen LogP contribution is -2.26. The maximum Gasteiger partial charge on any atom is 0.586 e. The summed E-state index contributed by atoms with van der Waals surface area (Å²) in [6.07, 6.45) is -2.51. The number of rotatable bonds is 3. The molecule has 0 amide bonds. The zero-order valence-electron chi connectivity index (χ0n) is 12.2. The maximum absolute atomic E-state index is 13.2. The van der Waals surface area contributed by atoms with E-state index in [4.69, 9.17) is 0 Å². The van der Waals surface area contributed by atoms with Crippen LogP contribution in [0.1, 0.15) is 0 Å². The molecule has 0 spiro atoms. The summed E-state index contributed by atoms with van der Waals surface area (Å²) in [5, 5.41) is 0.464. The number of hydrogen-bond donors (Lipinski definition) is 2. The number of anilines is 1. The molecule has 0 aliphatic carbocycles. The molecule has 3 aromatic rings. The van der Waals surface area contributed by atoms with Gasteiger partial charge >= 0.3 is 6.29 Å². The number of halogens is 3. The standard InChI is InChI=1S/C15H9BrF2N2O4S/c16-8-4-5-9-11(6-8)19-7-13(9)25(21,22)20-10-2-1-3-12-14(10)24-15(17,18)23-12/h1-7,19-20H. The van der Waals surface area contributed by atoms with Crippen molar-refractivity contribution in [1.82, 2.24) is 4.98 Å². The molecule has 1 aromatic heterocycles. The number of hydrogen-bond acceptors (Lipinski definition) is 4. The second-order valence-electron chi connectivity index (χ2n) is 5.25. The molecular weight excluding hydrogens is 422 g/mol. The van der Waals surface area contributed by atoms with Gasteiger partial charge in [0, 0.05) is 21.6 Å². The van der Waals surface area contributed by atoms with Crippen molar-refractivity contribution in [3.05, 3.63) is 47.1 Å². The molecule has 2 aromatic carbocycles. The number of aromatic nitrogens is 1. The van der Waals surface area contributed by atoms with Crippen molar-refractivity contribution in [1.29, 1.82) is 0 Å². The van der Waals surface area contributed by atoms with Gasteiger partial charge in [-0.15, -0.1) is 8.78 Å². The van der Waals surface area contributed by atoms with Crippen LogP contribution in [0.5, 0.6) is 11.5 Å². The van der Waals surface area contributed by atoms with E-state index in [-0.39, 0.29) is 22.1 Å². The summed E-state index contributed by atoms with van der Waals surface area (Å²) in [4.78, 5) is 2.85. The number of ether oxygens (including phenoxy) is 2. The third-order valence-electron chi connectivity index (χ3n) is 3.57. The summed E-state index contributed by atoms with van der Waals surface area (Å²) in [7, 11) is -4.05. The third kappa shape index (κ3) is 2.81. The average molecular weight is 431 g/mol. The zero-order valence-corrected chi connectivity index (χ0v) is 14.6. The van der Waals surface area contributed by atoms with Crippen LogP contribution in [0.25, 0.3) is 10.9 Å². The fourth-order valence-electron chi connectivity index (χ4n) is 2.54. The topological polar surface area (TPSA) is 80.4 Å². The number of nitrogens with one attached hydrogen (secondary N) is 2. The molecule has 6 nitrogen and oxygen atoms in total. The number of para-hydroxylation sites is 1. The Labute approximate surface area is 148 Å². The molecule has 10 heteroatoms. The molecule has 25 heavy (non-hydrogen) atoms. The van der Waals surface area contributed by atoms with Crippen molar-refractivity contribution < 1.29 is 26.7 Å². The Morgan fingerprint density at radius 3 is 2.76 bits per heavy atom. The molecule has 1 aliphatic rings. The summed E-state index contributed by atoms with van der Waals surface area (Å²) in [6.45, 7) is 0. The van der Waals surface area contributed by atoms with E-state index in [0.717, 1.165) is 4.47 Å². The Bertz CT molecular complexity index is 1100. The van der Waals surface area contributed by atoms with Gasteiger partial charge in [-0.2, -0.15) is 0 Å². The maximum atomic E-state index is 13.2. The molecule has 0 atom stereocenters. The SMILES string of the molecule is O=S(=O)(Nc1cccc2c1OC(F)(F)O2)c1c[nH]c2cc(Br)ccc12. The van der Waals surface area contributed by atoms with E-state index in [2.05, 4.69) is 35.1 Å². The van der Waals surface area contributed by atoms with E-state index in [1.165, 1.54) is 24.4 Å². The number of aromatic amines is 1. The molecule has 0 unspecified atom stereocenters. The van der Waals surface area contributed by atoms with Crippen LogP contribution in [0.4, 0.5) is 14.5 Å². The van der Waals surface area contributed by atoms with Crippen molar-refractivity contribution in [2.24, 2.45) is 0 Å². The number of alkyl halides is 2. The van der Waals surface area contributed by atoms with Gasteiger partial charge in [-0.3, -0.25) is 4.72 Å². The van der Waals surface area contributed by atoms with Crippen molar-refractivity contribution >= 4 is 42.5 Å². The Morgan fingerprint density at radius 2 is 1.96 bits per heavy atom. The summed E-state index contributed by atoms with van der Waals surface area (Å²) >= 11 is 3.30. The summed E-state index contributed by atoms with van der Waals surface area (Å²) in [5.41, 5.74) is 0.472. The van der Waals surface area contributed by atoms with E-state index in [1.807, 2.05) is 0 Å². The summed E-state index contributed by atoms with van der Waals surface area (Å²) in [6, 6.07) is 9.02. The van der Waals surface area contributed by atoms with Crippen molar-refractivity contribution in [2.75, 3.05) is 4.72 Å². The summed E-state index contributed by atoms with van der Waals surface area (Å²) in [5.74, 6) is -0.605. The normalized spacial score (nSPS) is 15.5. The van der Waals surface area contributed by atoms with Gasteiger partial charge in [-0.05, 0) is 24.3 Å². The first-order valence-electron chi connectivity index (χ1n) is 6.93. The van der Waals surface area contributed by atoms with Crippen LogP contribution < -0.4 is 14.2 Å². The van der Waals surface area contributed by atoms with Gasteiger partial charge in [0.05, 0.1) is 5.69 Å². The quantitative estimate of drug-likeness (QED) is 0.656. The third-order valence-corrected chi connectivity index (χ3v) is 5.47. The Hall–Kier alpha value is -2.33. The zero-order chi connectivity index (χ0) is 17.8. The molecule has 0 saturated carbocycles. The van der Waals surface area contributed by atoms with Gasteiger partial charge < -0.3 is 14.5 Å². The van der Waals surface area contributed by atoms with Gasteiger partial charge in [0.15, 0.2) is 11.5 Å². The van der Waals surface area contributed by atoms with Gasteiger partial charge in [-0.25, -0.2) is 8.42 Å². The monoisotopic (exact) mass is 430 g/mol. The Kier molecular flexibility index (Phi) is 3.45. The number of benzene rings is 2. The molecule has 130 valence electrons. The molecule has 4 rings (SSSR count). The molecule has 0 fully saturated rings. The predicted molar refractivity (Wildman–Crippen MR) is 89.5 cm³/mol. The molecule has 1 aliphatic heterocycles. The van der Waals surface area contributed by atoms with Gasteiger partial charge in [0.2, 0.25) is 0 Å². The highest BCUT2D eigenvalue weighted by atomic mass is 79.9. The van der Waals surface area contributed by atoms with Crippen LogP contribution >= 0.6 is 15.9 Å². The van der Waals surface area contributed by atoms with Crippen LogP contribution in [0.15, 0.2) is 52.0 Å². The molecular formula is C15H9BrF2N2O4S. The van der Waals surface area contributed by atoms with Crippen molar-refractivity contribution in [2.45, 2.75) is 11.2 Å². The molecule has 2 heterocycles. The van der Waals surface area contributed by atoms with Gasteiger partial charge in [0.25, 0.3) is 10.0 Å². The largest absolute Gasteiger partial charge is 0.586 e. The molecule has 2 N–H and O–H groups in total. The lowest BCUT2D eigenvalue weighted by atomic mass is 10.2. The number of sulfonamides is 1. The van der Waals surface area contributed by atoms with Crippen LogP contribution in [0.2, 0.25) is 0 Å². The van der Waals surface area contributed by atoms with Crippen LogP contribution in [0.3, 0.4) is 0 Å². The highest BCUT2D eigenvalue weighted by molar-refractivity contribution is 9.10. The first kappa shape index (κ1) is 16.2. The molecule has 0 saturated heterocycles. The number of fused-ring (bicyclic) bond motifs is 2. The second kappa shape index (κ2) is 5.33. The average Bonchev–Trinajstić information content (AvgIpc) is 3.06. The highest BCUT2D eigenvalue weighted by Crippen LogP contribution is 2.46.